The van der Waals surface area contributed by atoms with Crippen LogP contribution in [0, 0.1) is 0 Å². The molecule has 110 valence electrons. The molecule has 0 unspecified atom stereocenters. The summed E-state index contributed by atoms with van der Waals surface area (Å²) in [6.07, 6.45) is 2.45. The van der Waals surface area contributed by atoms with Gasteiger partial charge in [0.1, 0.15) is 4.90 Å². The molecule has 1 N–H and O–H groups in total. The second kappa shape index (κ2) is 6.56. The molecule has 0 aromatic heterocycles. The molecule has 1 amide bonds. The third kappa shape index (κ3) is 3.71. The van der Waals surface area contributed by atoms with Gasteiger partial charge in [-0.1, -0.05) is 23.7 Å². The van der Waals surface area contributed by atoms with Crippen LogP contribution in [0.25, 0.3) is 0 Å². The van der Waals surface area contributed by atoms with E-state index in [-0.39, 0.29) is 22.4 Å². The minimum atomic E-state index is -3.63. The fourth-order valence-electron chi connectivity index (χ4n) is 2.15. The van der Waals surface area contributed by atoms with E-state index in [1.54, 1.807) is 17.0 Å². The van der Waals surface area contributed by atoms with E-state index in [4.69, 9.17) is 11.6 Å². The lowest BCUT2D eigenvalue weighted by molar-refractivity contribution is -0.133. The summed E-state index contributed by atoms with van der Waals surface area (Å²) in [7, 11) is -3.63. The Kier molecular flexibility index (Phi) is 5.01. The first-order valence-corrected chi connectivity index (χ1v) is 8.39. The number of piperidine rings is 1. The van der Waals surface area contributed by atoms with Gasteiger partial charge in [-0.25, -0.2) is 13.1 Å². The maximum absolute atomic E-state index is 12.1. The van der Waals surface area contributed by atoms with Crippen LogP contribution >= 0.6 is 11.6 Å². The van der Waals surface area contributed by atoms with Crippen molar-refractivity contribution in [1.82, 2.24) is 9.62 Å². The molecular weight excluding hydrogens is 300 g/mol. The number of nitrogens with zero attached hydrogens (tertiary/aromatic N) is 1. The lowest BCUT2D eigenvalue weighted by atomic mass is 10.1. The monoisotopic (exact) mass is 316 g/mol. The van der Waals surface area contributed by atoms with Gasteiger partial charge < -0.3 is 4.90 Å². The number of sulfonamides is 1. The van der Waals surface area contributed by atoms with Gasteiger partial charge >= 0.3 is 0 Å². The first-order chi connectivity index (χ1) is 9.50. The van der Waals surface area contributed by atoms with E-state index in [0.717, 1.165) is 12.8 Å². The molecule has 1 aliphatic heterocycles. The van der Waals surface area contributed by atoms with E-state index in [1.807, 2.05) is 0 Å². The van der Waals surface area contributed by atoms with Crippen molar-refractivity contribution in [3.8, 4) is 0 Å². The van der Waals surface area contributed by atoms with Crippen molar-refractivity contribution in [3.05, 3.63) is 29.3 Å². The zero-order chi connectivity index (χ0) is 14.6. The molecule has 0 saturated carbocycles. The Morgan fingerprint density at radius 1 is 1.25 bits per heavy atom. The van der Waals surface area contributed by atoms with E-state index in [2.05, 4.69) is 4.72 Å². The average molecular weight is 317 g/mol. The highest BCUT2D eigenvalue weighted by atomic mass is 35.5. The van der Waals surface area contributed by atoms with Crippen molar-refractivity contribution in [2.45, 2.75) is 24.2 Å². The number of carbonyl (C=O) groups is 1. The molecule has 1 saturated heterocycles. The highest BCUT2D eigenvalue weighted by Gasteiger charge is 2.20. The molecule has 2 rings (SSSR count). The number of benzene rings is 1. The molecular formula is C13H17ClN2O3S. The molecule has 7 heteroatoms. The minimum absolute atomic E-state index is 0.0617. The summed E-state index contributed by atoms with van der Waals surface area (Å²) in [6, 6.07) is 6.28. The van der Waals surface area contributed by atoms with E-state index in [1.165, 1.54) is 12.1 Å². The molecule has 0 aliphatic carbocycles. The van der Waals surface area contributed by atoms with E-state index < -0.39 is 10.0 Å². The second-order valence-corrected chi connectivity index (χ2v) is 6.81. The predicted octanol–water partition coefficient (Wildman–Crippen LogP) is 1.63. The maximum atomic E-state index is 12.1. The van der Waals surface area contributed by atoms with Crippen LogP contribution in [0.5, 0.6) is 0 Å². The van der Waals surface area contributed by atoms with Gasteiger partial charge in [0.15, 0.2) is 0 Å². The summed E-state index contributed by atoms with van der Waals surface area (Å²) >= 11 is 5.88. The van der Waals surface area contributed by atoms with Crippen molar-refractivity contribution < 1.29 is 13.2 Å². The number of rotatable bonds is 5. The van der Waals surface area contributed by atoms with Gasteiger partial charge in [0.2, 0.25) is 15.9 Å². The molecule has 5 nitrogen and oxygen atoms in total. The third-order valence-corrected chi connectivity index (χ3v) is 5.18. The zero-order valence-corrected chi connectivity index (χ0v) is 12.6. The number of hydrogen-bond acceptors (Lipinski definition) is 3. The van der Waals surface area contributed by atoms with Crippen LogP contribution in [0.1, 0.15) is 19.3 Å². The molecule has 20 heavy (non-hydrogen) atoms. The van der Waals surface area contributed by atoms with Gasteiger partial charge in [-0.05, 0) is 25.0 Å². The summed E-state index contributed by atoms with van der Waals surface area (Å²) in [4.78, 5) is 13.4. The summed E-state index contributed by atoms with van der Waals surface area (Å²) in [5, 5.41) is 0.189. The molecule has 0 radical (unpaired) electrons. The quantitative estimate of drug-likeness (QED) is 0.898. The molecule has 0 bridgehead atoms. The smallest absolute Gasteiger partial charge is 0.242 e. The number of amides is 1. The fraction of sp³-hybridized carbons (Fsp3) is 0.462. The molecule has 0 atom stereocenters. The van der Waals surface area contributed by atoms with Crippen molar-refractivity contribution in [3.63, 3.8) is 0 Å². The van der Waals surface area contributed by atoms with Crippen molar-refractivity contribution in [1.29, 1.82) is 0 Å². The highest BCUT2D eigenvalue weighted by Crippen LogP contribution is 2.20. The minimum Gasteiger partial charge on any atom is -0.341 e. The van der Waals surface area contributed by atoms with E-state index >= 15 is 0 Å². The van der Waals surface area contributed by atoms with Gasteiger partial charge in [0.25, 0.3) is 0 Å². The van der Waals surface area contributed by atoms with Crippen LogP contribution in [0.2, 0.25) is 5.02 Å². The van der Waals surface area contributed by atoms with E-state index in [9.17, 15) is 13.2 Å². The number of carbonyl (C=O) groups excluding carboxylic acids is 1. The van der Waals surface area contributed by atoms with E-state index in [0.29, 0.717) is 19.5 Å². The Hall–Kier alpha value is -1.11. The summed E-state index contributed by atoms with van der Waals surface area (Å²) in [6.45, 7) is 1.29. The lowest BCUT2D eigenvalue weighted by Gasteiger charge is -2.26. The highest BCUT2D eigenvalue weighted by molar-refractivity contribution is 7.89. The normalized spacial score (nSPS) is 16.4. The van der Waals surface area contributed by atoms with Gasteiger partial charge in [-0.3, -0.25) is 4.79 Å². The van der Waals surface area contributed by atoms with Crippen LogP contribution in [0.4, 0.5) is 0 Å². The van der Waals surface area contributed by atoms with Crippen LogP contribution in [0.15, 0.2) is 29.2 Å². The Morgan fingerprint density at radius 3 is 2.70 bits per heavy atom. The molecule has 1 fully saturated rings. The topological polar surface area (TPSA) is 66.5 Å². The molecule has 1 aromatic carbocycles. The second-order valence-electron chi connectivity index (χ2n) is 4.67. The molecule has 0 spiro atoms. The largest absolute Gasteiger partial charge is 0.341 e. The SMILES string of the molecule is O=C1CCCCN1CCNS(=O)(=O)c1ccccc1Cl. The van der Waals surface area contributed by atoms with Crippen molar-refractivity contribution in [2.24, 2.45) is 0 Å². The predicted molar refractivity (Wildman–Crippen MR) is 77.1 cm³/mol. The Labute approximate surface area is 124 Å². The maximum Gasteiger partial charge on any atom is 0.242 e. The fourth-order valence-corrected chi connectivity index (χ4v) is 3.69. The van der Waals surface area contributed by atoms with Gasteiger partial charge in [0.05, 0.1) is 5.02 Å². The first-order valence-electron chi connectivity index (χ1n) is 6.53. The molecule has 1 aliphatic rings. The third-order valence-electron chi connectivity index (χ3n) is 3.22. The van der Waals surface area contributed by atoms with Gasteiger partial charge in [-0.2, -0.15) is 0 Å². The summed E-state index contributed by atoms with van der Waals surface area (Å²) < 4.78 is 26.6. The number of halogens is 1. The molecule has 1 aromatic rings. The summed E-state index contributed by atoms with van der Waals surface area (Å²) in [5.74, 6) is 0.0909. The van der Waals surface area contributed by atoms with Crippen molar-refractivity contribution in [2.75, 3.05) is 19.6 Å². The van der Waals surface area contributed by atoms with Crippen LogP contribution < -0.4 is 4.72 Å². The van der Waals surface area contributed by atoms with Gasteiger partial charge in [0, 0.05) is 26.1 Å². The van der Waals surface area contributed by atoms with Crippen LogP contribution in [0.3, 0.4) is 0 Å². The number of likely N-dealkylation sites (tertiary alicyclic amines) is 1. The number of nitrogens with one attached hydrogen (secondary N) is 1. The van der Waals surface area contributed by atoms with Crippen LogP contribution in [-0.4, -0.2) is 38.9 Å². The Bertz CT molecular complexity index is 589. The average Bonchev–Trinajstić information content (AvgIpc) is 2.41. The summed E-state index contributed by atoms with van der Waals surface area (Å²) in [5.41, 5.74) is 0. The first kappa shape index (κ1) is 15.3. The van der Waals surface area contributed by atoms with Crippen LogP contribution in [-0.2, 0) is 14.8 Å². The molecule has 1 heterocycles. The number of hydrogen-bond donors (Lipinski definition) is 1. The lowest BCUT2D eigenvalue weighted by Crippen LogP contribution is -2.41. The standard InChI is InChI=1S/C13H17ClN2O3S/c14-11-5-1-2-6-12(11)20(18,19)15-8-10-16-9-4-3-7-13(16)17/h1-2,5-6,15H,3-4,7-10H2. The Morgan fingerprint density at radius 2 is 2.00 bits per heavy atom. The Balaban J connectivity index is 1.93. The van der Waals surface area contributed by atoms with Gasteiger partial charge in [-0.15, -0.1) is 0 Å². The van der Waals surface area contributed by atoms with Crippen molar-refractivity contribution >= 4 is 27.5 Å². The zero-order valence-electron chi connectivity index (χ0n) is 11.0.